The molecule has 10 atom stereocenters. The minimum absolute atomic E-state index is 0.00300. The highest BCUT2D eigenvalue weighted by atomic mass is 33.1. The Bertz CT molecular complexity index is 2570. The minimum Gasteiger partial charge on any atom is -0.508 e. The molecule has 0 unspecified atom stereocenters. The fraction of sp³-hybridized carbons (Fsp3) is 0.440. The quantitative estimate of drug-likeness (QED) is 0.0434. The number of hydrogen-bond donors (Lipinski definition) is 13. The van der Waals surface area contributed by atoms with Crippen LogP contribution in [0.1, 0.15) is 49.8 Å². The van der Waals surface area contributed by atoms with Gasteiger partial charge < -0.3 is 74.3 Å². The van der Waals surface area contributed by atoms with Crippen LogP contribution in [0.4, 0.5) is 0 Å². The maximum Gasteiger partial charge on any atom is 0.248 e. The van der Waals surface area contributed by atoms with E-state index in [9.17, 15) is 53.7 Å². The summed E-state index contributed by atoms with van der Waals surface area (Å²) in [5.41, 5.74) is 20.3. The van der Waals surface area contributed by atoms with Gasteiger partial charge in [-0.2, -0.15) is 0 Å². The van der Waals surface area contributed by atoms with Gasteiger partial charge in [-0.15, -0.1) is 0 Å². The second-order valence-electron chi connectivity index (χ2n) is 18.1. The average molecular weight is 1060 g/mol. The Kier molecular flexibility index (Phi) is 22.1. The number of carbonyl (C=O) groups excluding carboxylic acids is 8. The number of benzene rings is 3. The fourth-order valence-electron chi connectivity index (χ4n) is 8.09. The Morgan fingerprint density at radius 3 is 2.03 bits per heavy atom. The molecular weight excluding hydrogens is 995 g/mol. The van der Waals surface area contributed by atoms with Crippen molar-refractivity contribution in [3.8, 4) is 5.75 Å². The molecule has 0 saturated carbocycles. The van der Waals surface area contributed by atoms with E-state index in [1.807, 2.05) is 18.2 Å². The first-order chi connectivity index (χ1) is 35.3. The van der Waals surface area contributed by atoms with Gasteiger partial charge in [-0.1, -0.05) is 82.3 Å². The van der Waals surface area contributed by atoms with Crippen LogP contribution in [0, 0.1) is 0 Å². The number of aliphatic hydroxyl groups excluding tert-OH is 2. The number of phenols is 1. The molecule has 2 heterocycles. The number of nitrogens with zero attached hydrogens (tertiary/aromatic N) is 1. The van der Waals surface area contributed by atoms with Crippen molar-refractivity contribution in [3.63, 3.8) is 0 Å². The normalized spacial score (nSPS) is 22.5. The smallest absolute Gasteiger partial charge is 0.248 e. The highest BCUT2D eigenvalue weighted by Crippen LogP contribution is 2.26. The van der Waals surface area contributed by atoms with E-state index in [-0.39, 0.29) is 49.5 Å². The first kappa shape index (κ1) is 58.2. The lowest BCUT2D eigenvalue weighted by Gasteiger charge is -2.33. The number of amides is 8. The molecule has 8 amide bonds. The average Bonchev–Trinajstić information content (AvgIpc) is 3.78. The van der Waals surface area contributed by atoms with Crippen molar-refractivity contribution >= 4 is 79.7 Å². The standard InChI is InChI=1S/C50H67N11O11S2/c1-27(62)41(43(53)65)59-49(71)40-26-74-73-25-39(58-44(66)34(52)21-30-16-18-32(64)19-17-30)48(70)56-37(22-29-11-5-4-6-12-29)46(68)57-38(23-31-24-54-35-14-8-7-13-33(31)35)47(69)55-36(15-9-10-20-51)45(67)60-42(28(2)63)50(72)61(40)3/h4-8,11-14,16-19,24,27-28,34,36-42,54,62-64H,9-10,15,20-23,25-26,51-52H2,1-3H3,(H2,53,65)(H,55,69)(H,56,70)(H,57,68)(H,58,66)(H,59,71)(H,60,67)/t27-,28-,34+,36+,37+,38-,39+,40+,41+,42+/m1/s1. The van der Waals surface area contributed by atoms with Crippen molar-refractivity contribution < 1.29 is 53.7 Å². The van der Waals surface area contributed by atoms with Gasteiger partial charge >= 0.3 is 0 Å². The Balaban J connectivity index is 1.59. The van der Waals surface area contributed by atoms with Crippen LogP contribution in [0.5, 0.6) is 5.75 Å². The summed E-state index contributed by atoms with van der Waals surface area (Å²) in [6, 6.07) is 10.6. The number of H-pyrrole nitrogens is 1. The summed E-state index contributed by atoms with van der Waals surface area (Å²) in [6.07, 6.45) is -0.750. The SMILES string of the molecule is C[C@@H](O)[C@H](NC(=O)[C@@H]1CSSC[C@H](NC(=O)[C@@H](N)Cc2ccc(O)cc2)C(=O)N[C@@H](Cc2ccccc2)C(=O)N[C@H](Cc2c[nH]c3ccccc23)C(=O)N[C@@H](CCCCN)C(=O)N[C@@H]([C@@H](C)O)C(=O)N1C)C(N)=O. The number of aliphatic hydroxyl groups is 2. The molecule has 0 aliphatic carbocycles. The first-order valence-corrected chi connectivity index (χ1v) is 26.6. The van der Waals surface area contributed by atoms with E-state index in [0.717, 1.165) is 37.4 Å². The molecule has 0 radical (unpaired) electrons. The second-order valence-corrected chi connectivity index (χ2v) is 20.7. The zero-order valence-electron chi connectivity index (χ0n) is 41.3. The van der Waals surface area contributed by atoms with Gasteiger partial charge in [0.1, 0.15) is 48.0 Å². The molecule has 1 aliphatic rings. The number of unbranched alkanes of at least 4 members (excludes halogenated alkanes) is 1. The molecule has 22 nitrogen and oxygen atoms in total. The van der Waals surface area contributed by atoms with E-state index in [1.165, 1.54) is 33.0 Å². The number of aromatic amines is 1. The van der Waals surface area contributed by atoms with Crippen LogP contribution in [0.25, 0.3) is 10.9 Å². The van der Waals surface area contributed by atoms with Gasteiger partial charge in [-0.3, -0.25) is 38.4 Å². The third-order valence-corrected chi connectivity index (χ3v) is 14.8. The molecule has 1 aliphatic heterocycles. The summed E-state index contributed by atoms with van der Waals surface area (Å²) in [7, 11) is 3.18. The Hall–Kier alpha value is -6.70. The Labute approximate surface area is 436 Å². The number of aromatic nitrogens is 1. The zero-order valence-corrected chi connectivity index (χ0v) is 43.0. The predicted molar refractivity (Wildman–Crippen MR) is 280 cm³/mol. The number of hydrogen-bond acceptors (Lipinski definition) is 15. The number of fused-ring (bicyclic) bond motifs is 1. The van der Waals surface area contributed by atoms with Gasteiger partial charge in [0.05, 0.1) is 18.2 Å². The maximum atomic E-state index is 14.8. The number of likely N-dealkylation sites (N-methyl/N-ethyl adjacent to an activating group) is 1. The maximum absolute atomic E-state index is 14.8. The number of rotatable bonds is 17. The number of carbonyl (C=O) groups is 8. The molecule has 3 aromatic carbocycles. The number of primary amides is 1. The molecule has 74 heavy (non-hydrogen) atoms. The molecule has 4 aromatic rings. The van der Waals surface area contributed by atoms with Gasteiger partial charge in [-0.05, 0) is 81.0 Å². The summed E-state index contributed by atoms with van der Waals surface area (Å²) < 4.78 is 0. The molecule has 1 fully saturated rings. The molecule has 400 valence electrons. The van der Waals surface area contributed by atoms with Crippen LogP contribution >= 0.6 is 21.6 Å². The highest BCUT2D eigenvalue weighted by Gasteiger charge is 2.39. The van der Waals surface area contributed by atoms with Gasteiger partial charge in [0.2, 0.25) is 47.3 Å². The van der Waals surface area contributed by atoms with Crippen LogP contribution in [-0.4, -0.2) is 158 Å². The first-order valence-electron chi connectivity index (χ1n) is 24.1. The van der Waals surface area contributed by atoms with E-state index in [4.69, 9.17) is 17.2 Å². The molecular formula is C50H67N11O11S2. The van der Waals surface area contributed by atoms with Gasteiger partial charge in [-0.25, -0.2) is 0 Å². The molecule has 1 aromatic heterocycles. The fourth-order valence-corrected chi connectivity index (χ4v) is 10.5. The van der Waals surface area contributed by atoms with Crippen LogP contribution in [-0.2, 0) is 57.6 Å². The lowest BCUT2D eigenvalue weighted by Crippen LogP contribution is -2.63. The van der Waals surface area contributed by atoms with E-state index >= 15 is 0 Å². The van der Waals surface area contributed by atoms with Gasteiger partial charge in [0.25, 0.3) is 0 Å². The highest BCUT2D eigenvalue weighted by molar-refractivity contribution is 8.76. The topological polar surface area (TPSA) is 367 Å². The van der Waals surface area contributed by atoms with Crippen LogP contribution < -0.4 is 49.1 Å². The second kappa shape index (κ2) is 28.1. The molecule has 24 heteroatoms. The monoisotopic (exact) mass is 1060 g/mol. The van der Waals surface area contributed by atoms with Crippen LogP contribution in [0.15, 0.2) is 85.1 Å². The summed E-state index contributed by atoms with van der Waals surface area (Å²) in [4.78, 5) is 117. The third kappa shape index (κ3) is 16.7. The van der Waals surface area contributed by atoms with E-state index in [1.54, 1.807) is 54.7 Å². The predicted octanol–water partition coefficient (Wildman–Crippen LogP) is -1.26. The number of aromatic hydroxyl groups is 1. The van der Waals surface area contributed by atoms with Crippen molar-refractivity contribution in [2.75, 3.05) is 25.1 Å². The molecule has 1 saturated heterocycles. The molecule has 0 bridgehead atoms. The zero-order chi connectivity index (χ0) is 54.1. The summed E-state index contributed by atoms with van der Waals surface area (Å²) in [5.74, 6) is -7.55. The summed E-state index contributed by atoms with van der Waals surface area (Å²) in [6.45, 7) is 2.71. The van der Waals surface area contributed by atoms with E-state index in [2.05, 4.69) is 36.9 Å². The lowest BCUT2D eigenvalue weighted by atomic mass is 10.0. The number of nitrogens with two attached hydrogens (primary N) is 3. The largest absolute Gasteiger partial charge is 0.508 e. The lowest BCUT2D eigenvalue weighted by molar-refractivity contribution is -0.144. The van der Waals surface area contributed by atoms with Crippen molar-refractivity contribution in [2.24, 2.45) is 17.2 Å². The van der Waals surface area contributed by atoms with Crippen molar-refractivity contribution in [1.82, 2.24) is 41.8 Å². The molecule has 5 rings (SSSR count). The van der Waals surface area contributed by atoms with E-state index in [0.29, 0.717) is 29.5 Å². The minimum atomic E-state index is -1.71. The Morgan fingerprint density at radius 2 is 1.38 bits per heavy atom. The summed E-state index contributed by atoms with van der Waals surface area (Å²) in [5, 5.41) is 47.8. The number of phenolic OH excluding ortho intramolecular Hbond substituents is 1. The van der Waals surface area contributed by atoms with Gasteiger partial charge in [0.15, 0.2) is 0 Å². The third-order valence-electron chi connectivity index (χ3n) is 12.4. The van der Waals surface area contributed by atoms with Crippen LogP contribution in [0.2, 0.25) is 0 Å². The number of nitrogens with one attached hydrogen (secondary N) is 7. The Morgan fingerprint density at radius 1 is 0.770 bits per heavy atom. The number of para-hydroxylation sites is 1. The van der Waals surface area contributed by atoms with Crippen molar-refractivity contribution in [1.29, 1.82) is 0 Å². The van der Waals surface area contributed by atoms with E-state index < -0.39 is 108 Å². The van der Waals surface area contributed by atoms with Crippen molar-refractivity contribution in [3.05, 3.63) is 102 Å². The van der Waals surface area contributed by atoms with Crippen molar-refractivity contribution in [2.45, 2.75) is 113 Å². The summed E-state index contributed by atoms with van der Waals surface area (Å²) >= 11 is 0. The molecule has 16 N–H and O–H groups in total. The van der Waals surface area contributed by atoms with Gasteiger partial charge in [0, 0.05) is 48.5 Å². The van der Waals surface area contributed by atoms with Crippen LogP contribution in [0.3, 0.4) is 0 Å². The molecule has 0 spiro atoms.